The summed E-state index contributed by atoms with van der Waals surface area (Å²) >= 11 is 6.06. The molecule has 4 nitrogen and oxygen atoms in total. The fourth-order valence-electron chi connectivity index (χ4n) is 3.13. The molecule has 1 aliphatic heterocycles. The first-order valence-electron chi connectivity index (χ1n) is 7.25. The van der Waals surface area contributed by atoms with Crippen LogP contribution in [0, 0.1) is 18.8 Å². The summed E-state index contributed by atoms with van der Waals surface area (Å²) < 4.78 is 27.5. The van der Waals surface area contributed by atoms with Gasteiger partial charge >= 0.3 is 0 Å². The van der Waals surface area contributed by atoms with Crippen LogP contribution >= 0.6 is 11.6 Å². The van der Waals surface area contributed by atoms with E-state index in [2.05, 4.69) is 13.8 Å². The summed E-state index contributed by atoms with van der Waals surface area (Å²) in [5.41, 5.74) is 7.17. The molecule has 2 rings (SSSR count). The van der Waals surface area contributed by atoms with Crippen LogP contribution in [0.5, 0.6) is 0 Å². The summed E-state index contributed by atoms with van der Waals surface area (Å²) in [6.45, 7) is 7.39. The molecule has 1 fully saturated rings. The van der Waals surface area contributed by atoms with Gasteiger partial charge < -0.3 is 5.73 Å². The van der Waals surface area contributed by atoms with Gasteiger partial charge in [0.05, 0.1) is 4.90 Å². The molecule has 1 heterocycles. The third kappa shape index (κ3) is 3.42. The number of halogens is 1. The summed E-state index contributed by atoms with van der Waals surface area (Å²) in [6.07, 6.45) is 1.06. The van der Waals surface area contributed by atoms with Crippen LogP contribution in [0.3, 0.4) is 0 Å². The Morgan fingerprint density at radius 1 is 1.29 bits per heavy atom. The van der Waals surface area contributed by atoms with E-state index in [-0.39, 0.29) is 11.4 Å². The van der Waals surface area contributed by atoms with Gasteiger partial charge in [0.15, 0.2) is 0 Å². The summed E-state index contributed by atoms with van der Waals surface area (Å²) in [4.78, 5) is 0.289. The summed E-state index contributed by atoms with van der Waals surface area (Å²) in [7, 11) is -3.52. The van der Waals surface area contributed by atoms with Crippen LogP contribution in [-0.2, 0) is 16.6 Å². The first kappa shape index (κ1) is 16.7. The molecule has 21 heavy (non-hydrogen) atoms. The van der Waals surface area contributed by atoms with Crippen molar-refractivity contribution in [3.8, 4) is 0 Å². The van der Waals surface area contributed by atoms with E-state index in [1.165, 1.54) is 6.07 Å². The van der Waals surface area contributed by atoms with Crippen molar-refractivity contribution in [2.75, 3.05) is 13.1 Å². The molecule has 0 radical (unpaired) electrons. The predicted molar refractivity (Wildman–Crippen MR) is 85.8 cm³/mol. The SMILES string of the molecule is Cc1c(CN)cc(Cl)cc1S(=O)(=O)N1CC(C)CC(C)C1. The zero-order chi connectivity index (χ0) is 15.8. The van der Waals surface area contributed by atoms with Gasteiger partial charge in [-0.05, 0) is 48.4 Å². The van der Waals surface area contributed by atoms with Gasteiger partial charge in [0.25, 0.3) is 0 Å². The van der Waals surface area contributed by atoms with Crippen molar-refractivity contribution in [1.82, 2.24) is 4.31 Å². The number of hydrogen-bond donors (Lipinski definition) is 1. The molecule has 118 valence electrons. The topological polar surface area (TPSA) is 63.4 Å². The maximum absolute atomic E-state index is 12.9. The van der Waals surface area contributed by atoms with E-state index in [1.54, 1.807) is 17.3 Å². The van der Waals surface area contributed by atoms with E-state index >= 15 is 0 Å². The average Bonchev–Trinajstić information content (AvgIpc) is 2.39. The average molecular weight is 331 g/mol. The standard InChI is InChI=1S/C15H23ClN2O2S/c1-10-4-11(2)9-18(8-10)21(19,20)15-6-14(16)5-13(7-17)12(15)3/h5-6,10-11H,4,7-9,17H2,1-3H3. The van der Waals surface area contributed by atoms with Gasteiger partial charge in [-0.2, -0.15) is 4.31 Å². The van der Waals surface area contributed by atoms with Gasteiger partial charge in [-0.25, -0.2) is 8.42 Å². The monoisotopic (exact) mass is 330 g/mol. The Bertz CT molecular complexity index is 621. The molecule has 2 N–H and O–H groups in total. The highest BCUT2D eigenvalue weighted by molar-refractivity contribution is 7.89. The van der Waals surface area contributed by atoms with E-state index in [0.29, 0.717) is 35.5 Å². The second kappa shape index (κ2) is 6.24. The first-order chi connectivity index (χ1) is 9.75. The van der Waals surface area contributed by atoms with Crippen molar-refractivity contribution in [3.05, 3.63) is 28.3 Å². The molecule has 2 atom stereocenters. The normalized spacial score (nSPS) is 24.2. The van der Waals surface area contributed by atoms with Gasteiger partial charge in [-0.15, -0.1) is 0 Å². The van der Waals surface area contributed by atoms with Crippen molar-refractivity contribution in [3.63, 3.8) is 0 Å². The highest BCUT2D eigenvalue weighted by atomic mass is 35.5. The molecule has 0 bridgehead atoms. The minimum atomic E-state index is -3.52. The molecule has 0 aromatic heterocycles. The fraction of sp³-hybridized carbons (Fsp3) is 0.600. The third-order valence-corrected chi connectivity index (χ3v) is 6.28. The molecule has 0 saturated carbocycles. The van der Waals surface area contributed by atoms with Crippen LogP contribution in [0.15, 0.2) is 17.0 Å². The number of nitrogens with two attached hydrogens (primary N) is 1. The second-order valence-electron chi connectivity index (χ2n) is 6.16. The van der Waals surface area contributed by atoms with Gasteiger partial charge in [0.1, 0.15) is 0 Å². The first-order valence-corrected chi connectivity index (χ1v) is 9.06. The van der Waals surface area contributed by atoms with Gasteiger partial charge in [-0.1, -0.05) is 25.4 Å². The van der Waals surface area contributed by atoms with Gasteiger partial charge in [0, 0.05) is 24.7 Å². The quantitative estimate of drug-likeness (QED) is 0.926. The molecular weight excluding hydrogens is 308 g/mol. The van der Waals surface area contributed by atoms with E-state index in [9.17, 15) is 8.42 Å². The minimum absolute atomic E-state index is 0.279. The number of rotatable bonds is 3. The third-order valence-electron chi connectivity index (χ3n) is 4.11. The van der Waals surface area contributed by atoms with E-state index in [1.807, 2.05) is 0 Å². The summed E-state index contributed by atoms with van der Waals surface area (Å²) in [5, 5.41) is 0.415. The number of benzene rings is 1. The number of sulfonamides is 1. The molecule has 0 aliphatic carbocycles. The lowest BCUT2D eigenvalue weighted by Gasteiger charge is -2.34. The highest BCUT2D eigenvalue weighted by Gasteiger charge is 2.33. The van der Waals surface area contributed by atoms with Crippen LogP contribution in [-0.4, -0.2) is 25.8 Å². The Kier molecular flexibility index (Phi) is 4.98. The second-order valence-corrected chi connectivity index (χ2v) is 8.50. The Hall–Kier alpha value is -0.620. The van der Waals surface area contributed by atoms with E-state index in [0.717, 1.165) is 12.0 Å². The van der Waals surface area contributed by atoms with Crippen LogP contribution in [0.2, 0.25) is 5.02 Å². The Balaban J connectivity index is 2.47. The zero-order valence-corrected chi connectivity index (χ0v) is 14.3. The number of piperidine rings is 1. The maximum atomic E-state index is 12.9. The summed E-state index contributed by atoms with van der Waals surface area (Å²) in [5.74, 6) is 0.744. The summed E-state index contributed by atoms with van der Waals surface area (Å²) in [6, 6.07) is 3.27. The molecule has 1 aromatic rings. The molecule has 1 aromatic carbocycles. The lowest BCUT2D eigenvalue weighted by atomic mass is 9.94. The molecule has 1 saturated heterocycles. The van der Waals surface area contributed by atoms with Crippen molar-refractivity contribution in [1.29, 1.82) is 0 Å². The molecule has 0 spiro atoms. The van der Waals surface area contributed by atoms with Crippen LogP contribution in [0.25, 0.3) is 0 Å². The Morgan fingerprint density at radius 2 is 1.86 bits per heavy atom. The van der Waals surface area contributed by atoms with Gasteiger partial charge in [0.2, 0.25) is 10.0 Å². The number of nitrogens with zero attached hydrogens (tertiary/aromatic N) is 1. The molecular formula is C15H23ClN2O2S. The van der Waals surface area contributed by atoms with Crippen molar-refractivity contribution in [2.45, 2.75) is 38.6 Å². The number of hydrogen-bond acceptors (Lipinski definition) is 3. The smallest absolute Gasteiger partial charge is 0.243 e. The van der Waals surface area contributed by atoms with Crippen molar-refractivity contribution < 1.29 is 8.42 Å². The Labute approximate surface area is 132 Å². The van der Waals surface area contributed by atoms with E-state index < -0.39 is 10.0 Å². The zero-order valence-electron chi connectivity index (χ0n) is 12.8. The van der Waals surface area contributed by atoms with Gasteiger partial charge in [-0.3, -0.25) is 0 Å². The molecule has 6 heteroatoms. The molecule has 0 amide bonds. The lowest BCUT2D eigenvalue weighted by molar-refractivity contribution is 0.222. The van der Waals surface area contributed by atoms with E-state index in [4.69, 9.17) is 17.3 Å². The fourth-order valence-corrected chi connectivity index (χ4v) is 5.41. The molecule has 1 aliphatic rings. The minimum Gasteiger partial charge on any atom is -0.326 e. The van der Waals surface area contributed by atoms with Crippen LogP contribution < -0.4 is 5.73 Å². The molecule has 2 unspecified atom stereocenters. The lowest BCUT2D eigenvalue weighted by Crippen LogP contribution is -2.42. The largest absolute Gasteiger partial charge is 0.326 e. The van der Waals surface area contributed by atoms with Crippen molar-refractivity contribution in [2.24, 2.45) is 17.6 Å². The highest BCUT2D eigenvalue weighted by Crippen LogP contribution is 2.30. The van der Waals surface area contributed by atoms with Crippen LogP contribution in [0.1, 0.15) is 31.4 Å². The van der Waals surface area contributed by atoms with Crippen molar-refractivity contribution >= 4 is 21.6 Å². The maximum Gasteiger partial charge on any atom is 0.243 e. The predicted octanol–water partition coefficient (Wildman–Crippen LogP) is 2.77. The van der Waals surface area contributed by atoms with Crippen LogP contribution in [0.4, 0.5) is 0 Å². The Morgan fingerprint density at radius 3 is 2.38 bits per heavy atom.